The van der Waals surface area contributed by atoms with E-state index in [0.29, 0.717) is 5.92 Å². The number of fused-ring (bicyclic) bond motifs is 5. The van der Waals surface area contributed by atoms with E-state index in [9.17, 15) is 14.4 Å². The van der Waals surface area contributed by atoms with Crippen LogP contribution in [0.2, 0.25) is 0 Å². The predicted molar refractivity (Wildman–Crippen MR) is 77.7 cm³/mol. The molecule has 22 heavy (non-hydrogen) atoms. The number of cyclic esters (lactones) is 1. The van der Waals surface area contributed by atoms with Crippen molar-refractivity contribution in [1.82, 2.24) is 4.90 Å². The fourth-order valence-electron chi connectivity index (χ4n) is 4.66. The minimum absolute atomic E-state index is 0.0835. The number of rotatable bonds is 1. The van der Waals surface area contributed by atoms with E-state index in [-0.39, 0.29) is 35.7 Å². The van der Waals surface area contributed by atoms with Crippen LogP contribution in [0.5, 0.6) is 0 Å². The Hall–Kier alpha value is -1.91. The Morgan fingerprint density at radius 3 is 2.41 bits per heavy atom. The summed E-state index contributed by atoms with van der Waals surface area (Å²) < 4.78 is 5.00. The van der Waals surface area contributed by atoms with Crippen molar-refractivity contribution in [2.24, 2.45) is 23.7 Å². The lowest BCUT2D eigenvalue weighted by Crippen LogP contribution is -2.47. The molecule has 4 aliphatic rings. The lowest BCUT2D eigenvalue weighted by atomic mass is 9.82. The number of nitrogens with zero attached hydrogens (tertiary/aromatic N) is 1. The third-order valence-electron chi connectivity index (χ3n) is 5.66. The molecule has 1 heterocycles. The normalized spacial score (nSPS) is 38.0. The molecule has 0 aromatic heterocycles. The van der Waals surface area contributed by atoms with Gasteiger partial charge in [0.05, 0.1) is 11.1 Å². The molecule has 116 valence electrons. The number of imide groups is 1. The number of hydrogen-bond donors (Lipinski definition) is 0. The predicted octanol–water partition coefficient (Wildman–Crippen LogP) is 2.08. The van der Waals surface area contributed by atoms with E-state index >= 15 is 0 Å². The van der Waals surface area contributed by atoms with Crippen LogP contribution in [-0.4, -0.2) is 34.8 Å². The minimum Gasteiger partial charge on any atom is -0.447 e. The van der Waals surface area contributed by atoms with Gasteiger partial charge in [-0.2, -0.15) is 0 Å². The smallest absolute Gasteiger partial charge is 0.417 e. The molecule has 4 atom stereocenters. The third kappa shape index (κ3) is 1.51. The summed E-state index contributed by atoms with van der Waals surface area (Å²) in [5.41, 5.74) is 0.365. The van der Waals surface area contributed by atoms with Gasteiger partial charge in [0.1, 0.15) is 6.61 Å². The van der Waals surface area contributed by atoms with Crippen molar-refractivity contribution in [3.8, 4) is 0 Å². The Kier molecular flexibility index (Phi) is 2.55. The van der Waals surface area contributed by atoms with Crippen molar-refractivity contribution in [1.29, 1.82) is 0 Å². The molecule has 3 aliphatic carbocycles. The first-order valence-corrected chi connectivity index (χ1v) is 7.77. The highest BCUT2D eigenvalue weighted by atomic mass is 16.6. The van der Waals surface area contributed by atoms with Gasteiger partial charge in [0, 0.05) is 5.92 Å². The molecule has 1 saturated heterocycles. The fourth-order valence-corrected chi connectivity index (χ4v) is 4.66. The van der Waals surface area contributed by atoms with Crippen LogP contribution < -0.4 is 0 Å². The largest absolute Gasteiger partial charge is 0.447 e. The van der Waals surface area contributed by atoms with E-state index in [0.717, 1.165) is 16.9 Å². The summed E-state index contributed by atoms with van der Waals surface area (Å²) in [4.78, 5) is 38.7. The van der Waals surface area contributed by atoms with Gasteiger partial charge in [0.15, 0.2) is 5.78 Å². The molecule has 4 rings (SSSR count). The molecule has 0 aromatic carbocycles. The number of Topliss-reactive ketones (excluding diaryl/α,β-unsaturated/α-hetero) is 1. The molecular formula is C17H19NO4. The van der Waals surface area contributed by atoms with Crippen LogP contribution in [0, 0.1) is 23.7 Å². The maximum Gasteiger partial charge on any atom is 0.417 e. The van der Waals surface area contributed by atoms with Crippen molar-refractivity contribution >= 4 is 17.8 Å². The zero-order valence-corrected chi connectivity index (χ0v) is 13.0. The molecular weight excluding hydrogens is 282 g/mol. The summed E-state index contributed by atoms with van der Waals surface area (Å²) in [5.74, 6) is 0.0894. The number of allylic oxidation sites excluding steroid dienone is 3. The molecule has 2 amide bonds. The second-order valence-corrected chi connectivity index (χ2v) is 7.43. The second-order valence-electron chi connectivity index (χ2n) is 7.43. The Balaban J connectivity index is 1.73. The SMILES string of the molecule is CC1=C(C(=O)N2C(=O)OCC2(C)C)C(=O)[C@@H]2[C@H]1[C@@H]1C=C[C@H]2C1. The van der Waals surface area contributed by atoms with Crippen LogP contribution in [0.4, 0.5) is 4.79 Å². The maximum absolute atomic E-state index is 12.9. The lowest BCUT2D eigenvalue weighted by Gasteiger charge is -2.26. The minimum atomic E-state index is -0.712. The molecule has 1 saturated carbocycles. The summed E-state index contributed by atoms with van der Waals surface area (Å²) >= 11 is 0. The average molecular weight is 301 g/mol. The first kappa shape index (κ1) is 13.7. The molecule has 2 fully saturated rings. The quantitative estimate of drug-likeness (QED) is 0.549. The lowest BCUT2D eigenvalue weighted by molar-refractivity contribution is -0.130. The highest BCUT2D eigenvalue weighted by molar-refractivity contribution is 6.25. The molecule has 0 radical (unpaired) electrons. The summed E-state index contributed by atoms with van der Waals surface area (Å²) in [6.07, 6.45) is 4.64. The van der Waals surface area contributed by atoms with Crippen molar-refractivity contribution in [3.63, 3.8) is 0 Å². The molecule has 1 aliphatic heterocycles. The summed E-state index contributed by atoms with van der Waals surface area (Å²) in [6, 6.07) is 0. The zero-order valence-electron chi connectivity index (χ0n) is 13.0. The van der Waals surface area contributed by atoms with Gasteiger partial charge >= 0.3 is 6.09 Å². The van der Waals surface area contributed by atoms with Crippen molar-refractivity contribution < 1.29 is 19.1 Å². The Morgan fingerprint density at radius 1 is 1.23 bits per heavy atom. The standard InChI is InChI=1S/C17H19NO4/c1-8-11-9-4-5-10(6-9)13(11)14(19)12(8)15(20)18-16(21)22-7-17(18,2)3/h4-5,9-11,13H,6-7H2,1-3H3/t9-,10+,11-,13+/m1/s1. The zero-order chi connectivity index (χ0) is 15.8. The number of carbonyl (C=O) groups is 3. The van der Waals surface area contributed by atoms with E-state index in [1.807, 2.05) is 6.92 Å². The van der Waals surface area contributed by atoms with Gasteiger partial charge in [-0.25, -0.2) is 9.69 Å². The summed E-state index contributed by atoms with van der Waals surface area (Å²) in [5, 5.41) is 0. The van der Waals surface area contributed by atoms with Gasteiger partial charge in [-0.15, -0.1) is 0 Å². The number of ether oxygens (including phenoxy) is 1. The third-order valence-corrected chi connectivity index (χ3v) is 5.66. The molecule has 2 bridgehead atoms. The van der Waals surface area contributed by atoms with E-state index in [1.165, 1.54) is 0 Å². The van der Waals surface area contributed by atoms with E-state index in [2.05, 4.69) is 12.2 Å². The summed E-state index contributed by atoms with van der Waals surface area (Å²) in [6.45, 7) is 5.59. The number of amides is 2. The molecule has 5 nitrogen and oxygen atoms in total. The van der Waals surface area contributed by atoms with Gasteiger partial charge in [-0.1, -0.05) is 17.7 Å². The van der Waals surface area contributed by atoms with Gasteiger partial charge < -0.3 is 4.74 Å². The van der Waals surface area contributed by atoms with Crippen molar-refractivity contribution in [3.05, 3.63) is 23.3 Å². The molecule has 0 spiro atoms. The van der Waals surface area contributed by atoms with Crippen LogP contribution >= 0.6 is 0 Å². The second kappa shape index (κ2) is 4.09. The van der Waals surface area contributed by atoms with Crippen LogP contribution in [0.25, 0.3) is 0 Å². The van der Waals surface area contributed by atoms with Crippen LogP contribution in [0.1, 0.15) is 27.2 Å². The van der Waals surface area contributed by atoms with E-state index in [4.69, 9.17) is 4.74 Å². The average Bonchev–Trinajstić information content (AvgIpc) is 3.15. The Labute approximate surface area is 129 Å². The van der Waals surface area contributed by atoms with E-state index < -0.39 is 17.5 Å². The number of carbonyl (C=O) groups excluding carboxylic acids is 3. The van der Waals surface area contributed by atoms with Gasteiger partial charge in [0.2, 0.25) is 0 Å². The first-order chi connectivity index (χ1) is 10.3. The monoisotopic (exact) mass is 301 g/mol. The molecule has 0 N–H and O–H groups in total. The highest BCUT2D eigenvalue weighted by Gasteiger charge is 2.57. The van der Waals surface area contributed by atoms with Gasteiger partial charge in [-0.3, -0.25) is 9.59 Å². The highest BCUT2D eigenvalue weighted by Crippen LogP contribution is 2.56. The van der Waals surface area contributed by atoms with Crippen LogP contribution in [0.15, 0.2) is 23.3 Å². The summed E-state index contributed by atoms with van der Waals surface area (Å²) in [7, 11) is 0. The van der Waals surface area contributed by atoms with Crippen molar-refractivity contribution in [2.75, 3.05) is 6.61 Å². The number of ketones is 1. The molecule has 0 unspecified atom stereocenters. The Morgan fingerprint density at radius 2 is 1.86 bits per heavy atom. The van der Waals surface area contributed by atoms with Crippen LogP contribution in [0.3, 0.4) is 0 Å². The molecule has 0 aromatic rings. The fraction of sp³-hybridized carbons (Fsp3) is 0.588. The van der Waals surface area contributed by atoms with Gasteiger partial charge in [-0.05, 0) is 44.9 Å². The first-order valence-electron chi connectivity index (χ1n) is 7.77. The van der Waals surface area contributed by atoms with Crippen molar-refractivity contribution in [2.45, 2.75) is 32.7 Å². The Bertz CT molecular complexity index is 672. The van der Waals surface area contributed by atoms with Gasteiger partial charge in [0.25, 0.3) is 5.91 Å². The number of hydrogen-bond acceptors (Lipinski definition) is 4. The molecule has 5 heteroatoms. The van der Waals surface area contributed by atoms with Crippen LogP contribution in [-0.2, 0) is 14.3 Å². The maximum atomic E-state index is 12.9. The van der Waals surface area contributed by atoms with E-state index in [1.54, 1.807) is 13.8 Å². The topological polar surface area (TPSA) is 63.7 Å².